The molecule has 1 unspecified atom stereocenters. The lowest BCUT2D eigenvalue weighted by Gasteiger charge is -2.37. The van der Waals surface area contributed by atoms with E-state index in [1.807, 2.05) is 6.26 Å². The van der Waals surface area contributed by atoms with Gasteiger partial charge >= 0.3 is 0 Å². The molecule has 3 nitrogen and oxygen atoms in total. The van der Waals surface area contributed by atoms with Gasteiger partial charge in [-0.3, -0.25) is 4.90 Å². The molecule has 1 aliphatic rings. The molecule has 0 aromatic heterocycles. The number of aliphatic hydroxyl groups excluding tert-OH is 1. The lowest BCUT2D eigenvalue weighted by atomic mass is 10.0. The Morgan fingerprint density at radius 2 is 2.00 bits per heavy atom. The van der Waals surface area contributed by atoms with E-state index in [1.54, 1.807) is 0 Å². The first-order valence-corrected chi connectivity index (χ1v) is 6.41. The Labute approximate surface area is 96.2 Å². The van der Waals surface area contributed by atoms with Crippen molar-refractivity contribution in [3.8, 4) is 11.8 Å². The van der Waals surface area contributed by atoms with Gasteiger partial charge in [-0.1, -0.05) is 11.8 Å². The zero-order valence-electron chi connectivity index (χ0n) is 9.62. The van der Waals surface area contributed by atoms with E-state index in [-0.39, 0.29) is 5.54 Å². The van der Waals surface area contributed by atoms with Gasteiger partial charge in [0.1, 0.15) is 0 Å². The summed E-state index contributed by atoms with van der Waals surface area (Å²) in [6.45, 7) is 7.54. The molecule has 0 aliphatic carbocycles. The van der Waals surface area contributed by atoms with Crippen molar-refractivity contribution in [2.24, 2.45) is 0 Å². The van der Waals surface area contributed by atoms with Crippen molar-refractivity contribution in [3.05, 3.63) is 0 Å². The number of ether oxygens (including phenoxy) is 1. The second kappa shape index (κ2) is 5.76. The molecule has 1 fully saturated rings. The smallest absolute Gasteiger partial charge is 0.161 e. The van der Waals surface area contributed by atoms with Gasteiger partial charge < -0.3 is 9.84 Å². The molecule has 0 spiro atoms. The van der Waals surface area contributed by atoms with Crippen LogP contribution < -0.4 is 0 Å². The first kappa shape index (κ1) is 12.9. The minimum atomic E-state index is -0.578. The number of hydrogen-bond acceptors (Lipinski definition) is 4. The van der Waals surface area contributed by atoms with E-state index in [4.69, 9.17) is 4.74 Å². The molecular weight excluding hydrogens is 210 g/mol. The SMILES string of the molecule is CSC(O)C#CC(C)(C)N1CCOCC1. The molecule has 0 radical (unpaired) electrons. The van der Waals surface area contributed by atoms with Gasteiger partial charge in [-0.15, -0.1) is 11.8 Å². The quantitative estimate of drug-likeness (QED) is 0.560. The highest BCUT2D eigenvalue weighted by Crippen LogP contribution is 2.15. The maximum atomic E-state index is 9.37. The monoisotopic (exact) mass is 229 g/mol. The number of rotatable bonds is 2. The molecule has 0 aromatic rings. The Kier molecular flexibility index (Phi) is 4.94. The summed E-state index contributed by atoms with van der Waals surface area (Å²) in [6, 6.07) is 0. The third-order valence-corrected chi connectivity index (χ3v) is 3.09. The minimum Gasteiger partial charge on any atom is -0.379 e. The normalized spacial score (nSPS) is 20.5. The molecule has 0 saturated carbocycles. The average molecular weight is 229 g/mol. The summed E-state index contributed by atoms with van der Waals surface area (Å²) in [6.07, 6.45) is 1.85. The number of hydrogen-bond donors (Lipinski definition) is 1. The van der Waals surface area contributed by atoms with Crippen LogP contribution in [-0.2, 0) is 4.74 Å². The summed E-state index contributed by atoms with van der Waals surface area (Å²) in [7, 11) is 0. The molecule has 0 bridgehead atoms. The number of thioether (sulfide) groups is 1. The molecule has 4 heteroatoms. The fourth-order valence-electron chi connectivity index (χ4n) is 1.50. The van der Waals surface area contributed by atoms with E-state index < -0.39 is 5.44 Å². The van der Waals surface area contributed by atoms with Crippen LogP contribution in [0.15, 0.2) is 0 Å². The molecule has 86 valence electrons. The Morgan fingerprint density at radius 3 is 2.53 bits per heavy atom. The maximum absolute atomic E-state index is 9.37. The Morgan fingerprint density at radius 1 is 1.40 bits per heavy atom. The molecule has 15 heavy (non-hydrogen) atoms. The molecule has 1 atom stereocenters. The van der Waals surface area contributed by atoms with Gasteiger partial charge in [0, 0.05) is 13.1 Å². The first-order chi connectivity index (χ1) is 7.06. The van der Waals surface area contributed by atoms with Crippen LogP contribution in [0.5, 0.6) is 0 Å². The molecule has 1 saturated heterocycles. The van der Waals surface area contributed by atoms with Crippen molar-refractivity contribution in [1.29, 1.82) is 0 Å². The van der Waals surface area contributed by atoms with Crippen LogP contribution in [0.2, 0.25) is 0 Å². The van der Waals surface area contributed by atoms with Crippen molar-refractivity contribution in [2.45, 2.75) is 24.8 Å². The lowest BCUT2D eigenvalue weighted by molar-refractivity contribution is 0.00733. The van der Waals surface area contributed by atoms with Crippen LogP contribution >= 0.6 is 11.8 Å². The predicted octanol–water partition coefficient (Wildman–Crippen LogP) is 0.782. The summed E-state index contributed by atoms with van der Waals surface area (Å²) in [5, 5.41) is 9.37. The van der Waals surface area contributed by atoms with Crippen molar-refractivity contribution in [2.75, 3.05) is 32.6 Å². The van der Waals surface area contributed by atoms with E-state index in [2.05, 4.69) is 30.6 Å². The number of morpholine rings is 1. The number of aliphatic hydroxyl groups is 1. The average Bonchev–Trinajstić information content (AvgIpc) is 2.27. The summed E-state index contributed by atoms with van der Waals surface area (Å²) in [5.41, 5.74) is -0.758. The second-order valence-corrected chi connectivity index (χ2v) is 4.93. The van der Waals surface area contributed by atoms with E-state index in [9.17, 15) is 5.11 Å². The van der Waals surface area contributed by atoms with Gasteiger partial charge in [-0.25, -0.2) is 0 Å². The highest BCUT2D eigenvalue weighted by molar-refractivity contribution is 7.99. The van der Waals surface area contributed by atoms with Crippen LogP contribution in [0.1, 0.15) is 13.8 Å². The first-order valence-electron chi connectivity index (χ1n) is 5.12. The Balaban J connectivity index is 2.58. The van der Waals surface area contributed by atoms with Crippen molar-refractivity contribution >= 4 is 11.8 Å². The van der Waals surface area contributed by atoms with Crippen molar-refractivity contribution < 1.29 is 9.84 Å². The van der Waals surface area contributed by atoms with Gasteiger partial charge in [-0.05, 0) is 20.1 Å². The molecule has 1 heterocycles. The molecule has 1 rings (SSSR count). The third kappa shape index (κ3) is 4.04. The fraction of sp³-hybridized carbons (Fsp3) is 0.818. The van der Waals surface area contributed by atoms with Crippen LogP contribution in [0.25, 0.3) is 0 Å². The summed E-state index contributed by atoms with van der Waals surface area (Å²) < 4.78 is 5.30. The topological polar surface area (TPSA) is 32.7 Å². The van der Waals surface area contributed by atoms with E-state index in [0.717, 1.165) is 26.3 Å². The molecule has 0 aromatic carbocycles. The van der Waals surface area contributed by atoms with E-state index >= 15 is 0 Å². The van der Waals surface area contributed by atoms with Crippen LogP contribution in [0.3, 0.4) is 0 Å². The zero-order valence-corrected chi connectivity index (χ0v) is 10.4. The van der Waals surface area contributed by atoms with Gasteiger partial charge in [0.2, 0.25) is 0 Å². The van der Waals surface area contributed by atoms with Gasteiger partial charge in [0.25, 0.3) is 0 Å². The third-order valence-electron chi connectivity index (χ3n) is 2.53. The fourth-order valence-corrected chi connectivity index (χ4v) is 1.68. The van der Waals surface area contributed by atoms with Crippen LogP contribution in [0.4, 0.5) is 0 Å². The largest absolute Gasteiger partial charge is 0.379 e. The second-order valence-electron chi connectivity index (χ2n) is 4.02. The predicted molar refractivity (Wildman–Crippen MR) is 63.8 cm³/mol. The molecule has 0 amide bonds. The van der Waals surface area contributed by atoms with E-state index in [0.29, 0.717) is 0 Å². The molecule has 1 N–H and O–H groups in total. The summed E-state index contributed by atoms with van der Waals surface area (Å²) in [4.78, 5) is 2.29. The van der Waals surface area contributed by atoms with E-state index in [1.165, 1.54) is 11.8 Å². The summed E-state index contributed by atoms with van der Waals surface area (Å²) >= 11 is 1.35. The Bertz CT molecular complexity index is 251. The minimum absolute atomic E-state index is 0.180. The lowest BCUT2D eigenvalue weighted by Crippen LogP contribution is -2.49. The maximum Gasteiger partial charge on any atom is 0.161 e. The van der Waals surface area contributed by atoms with Gasteiger partial charge in [0.05, 0.1) is 18.8 Å². The highest BCUT2D eigenvalue weighted by Gasteiger charge is 2.26. The highest BCUT2D eigenvalue weighted by atomic mass is 32.2. The summed E-state index contributed by atoms with van der Waals surface area (Å²) in [5.74, 6) is 5.98. The molecular formula is C11H19NO2S. The Hall–Kier alpha value is -0.210. The van der Waals surface area contributed by atoms with Gasteiger partial charge in [0.15, 0.2) is 5.44 Å². The zero-order chi connectivity index (χ0) is 11.3. The van der Waals surface area contributed by atoms with Crippen molar-refractivity contribution in [1.82, 2.24) is 4.90 Å². The van der Waals surface area contributed by atoms with Crippen LogP contribution in [-0.4, -0.2) is 53.5 Å². The standard InChI is InChI=1S/C11H19NO2S/c1-11(2,5-4-10(13)15-3)12-6-8-14-9-7-12/h10,13H,6-9H2,1-3H3. The number of nitrogens with zero attached hydrogens (tertiary/aromatic N) is 1. The van der Waals surface area contributed by atoms with Gasteiger partial charge in [-0.2, -0.15) is 0 Å². The van der Waals surface area contributed by atoms with Crippen LogP contribution in [0, 0.1) is 11.8 Å². The molecule has 1 aliphatic heterocycles. The van der Waals surface area contributed by atoms with Crippen molar-refractivity contribution in [3.63, 3.8) is 0 Å².